The molecule has 2 nitrogen and oxygen atoms in total. The number of fused-ring (bicyclic) bond motifs is 1. The van der Waals surface area contributed by atoms with Crippen molar-refractivity contribution in [1.82, 2.24) is 4.98 Å². The minimum absolute atomic E-state index is 0. The van der Waals surface area contributed by atoms with Gasteiger partial charge in [0.25, 0.3) is 0 Å². The fraction of sp³-hybridized carbons (Fsp3) is 0.182. The number of hydrogen-bond acceptors (Lipinski definition) is 2. The standard InChI is InChI=1S/C11H8F3NO.Al.3H/c1-6-4-5-15-10-8(16)3-2-7(9(6)10)11(12,13)14;;;;/h2-5,16H,1H3;;;;. The lowest BCUT2D eigenvalue weighted by molar-refractivity contribution is -0.136. The van der Waals surface area contributed by atoms with Crippen LogP contribution in [0.5, 0.6) is 5.75 Å². The number of nitrogens with zero attached hydrogens (tertiary/aromatic N) is 1. The second-order valence-corrected chi connectivity index (χ2v) is 3.48. The van der Waals surface area contributed by atoms with Gasteiger partial charge in [-0.15, -0.1) is 0 Å². The van der Waals surface area contributed by atoms with E-state index in [-0.39, 0.29) is 34.0 Å². The van der Waals surface area contributed by atoms with Gasteiger partial charge in [-0.3, -0.25) is 4.98 Å². The molecule has 90 valence electrons. The van der Waals surface area contributed by atoms with Gasteiger partial charge in [0.15, 0.2) is 17.4 Å². The third-order valence-electron chi connectivity index (χ3n) is 2.38. The molecule has 0 aliphatic rings. The van der Waals surface area contributed by atoms with E-state index in [1.807, 2.05) is 0 Å². The van der Waals surface area contributed by atoms with E-state index in [9.17, 15) is 18.3 Å². The Hall–Kier alpha value is -1.25. The molecule has 2 aromatic rings. The molecule has 0 radical (unpaired) electrons. The van der Waals surface area contributed by atoms with E-state index < -0.39 is 11.7 Å². The molecule has 0 spiro atoms. The lowest BCUT2D eigenvalue weighted by Gasteiger charge is -2.12. The maximum atomic E-state index is 12.7. The summed E-state index contributed by atoms with van der Waals surface area (Å²) >= 11 is 0. The number of alkyl halides is 3. The second-order valence-electron chi connectivity index (χ2n) is 3.48. The first-order valence-electron chi connectivity index (χ1n) is 4.56. The minimum Gasteiger partial charge on any atom is -0.506 e. The average Bonchev–Trinajstić information content (AvgIpc) is 2.18. The van der Waals surface area contributed by atoms with Gasteiger partial charge in [0.05, 0.1) is 5.56 Å². The number of hydrogen-bond donors (Lipinski definition) is 1. The van der Waals surface area contributed by atoms with Crippen LogP contribution < -0.4 is 0 Å². The molecule has 1 heterocycles. The van der Waals surface area contributed by atoms with Gasteiger partial charge in [-0.25, -0.2) is 0 Å². The number of aromatic nitrogens is 1. The SMILES string of the molecule is Cc1ccnc2c(O)ccc(C(F)(F)F)c12.[AlH3]. The smallest absolute Gasteiger partial charge is 0.417 e. The van der Waals surface area contributed by atoms with E-state index in [1.54, 1.807) is 6.92 Å². The number of aryl methyl sites for hydroxylation is 1. The maximum absolute atomic E-state index is 12.7. The maximum Gasteiger partial charge on any atom is 0.417 e. The number of aromatic hydroxyl groups is 1. The van der Waals surface area contributed by atoms with Crippen molar-refractivity contribution >= 4 is 28.3 Å². The first-order chi connectivity index (χ1) is 7.41. The van der Waals surface area contributed by atoms with Gasteiger partial charge >= 0.3 is 6.18 Å². The topological polar surface area (TPSA) is 33.1 Å². The van der Waals surface area contributed by atoms with Crippen LogP contribution in [-0.2, 0) is 6.18 Å². The molecule has 0 unspecified atom stereocenters. The van der Waals surface area contributed by atoms with Crippen molar-refractivity contribution in [1.29, 1.82) is 0 Å². The lowest BCUT2D eigenvalue weighted by atomic mass is 10.0. The Bertz CT molecular complexity index is 554. The molecule has 0 amide bonds. The molecule has 0 atom stereocenters. The molecule has 0 bridgehead atoms. The summed E-state index contributed by atoms with van der Waals surface area (Å²) < 4.78 is 38.2. The lowest BCUT2D eigenvalue weighted by Crippen LogP contribution is -2.06. The van der Waals surface area contributed by atoms with Crippen LogP contribution in [0.15, 0.2) is 24.4 Å². The summed E-state index contributed by atoms with van der Waals surface area (Å²) in [4.78, 5) is 3.77. The Kier molecular flexibility index (Phi) is 3.70. The zero-order chi connectivity index (χ0) is 11.9. The molecule has 2 rings (SSSR count). The molecular weight excluding hydrogens is 246 g/mol. The third kappa shape index (κ3) is 2.38. The van der Waals surface area contributed by atoms with Crippen LogP contribution in [0.1, 0.15) is 11.1 Å². The van der Waals surface area contributed by atoms with Crippen molar-refractivity contribution in [3.05, 3.63) is 35.5 Å². The fourth-order valence-corrected chi connectivity index (χ4v) is 1.65. The van der Waals surface area contributed by atoms with Crippen LogP contribution in [-0.4, -0.2) is 27.5 Å². The molecule has 0 aliphatic heterocycles. The first-order valence-corrected chi connectivity index (χ1v) is 4.56. The fourth-order valence-electron chi connectivity index (χ4n) is 1.65. The van der Waals surface area contributed by atoms with Gasteiger partial charge in [-0.05, 0) is 30.7 Å². The largest absolute Gasteiger partial charge is 0.506 e. The van der Waals surface area contributed by atoms with Gasteiger partial charge in [-0.1, -0.05) is 0 Å². The molecule has 0 saturated heterocycles. The normalized spacial score (nSPS) is 11.3. The summed E-state index contributed by atoms with van der Waals surface area (Å²) in [5.74, 6) is -0.244. The zero-order valence-electron chi connectivity index (χ0n) is 8.34. The Labute approximate surface area is 106 Å². The van der Waals surface area contributed by atoms with Crippen LogP contribution in [0.25, 0.3) is 10.9 Å². The summed E-state index contributed by atoms with van der Waals surface area (Å²) in [6.45, 7) is 1.55. The molecule has 1 aromatic carbocycles. The highest BCUT2D eigenvalue weighted by Crippen LogP contribution is 2.38. The van der Waals surface area contributed by atoms with Crippen LogP contribution >= 0.6 is 0 Å². The Balaban J connectivity index is 0.00000144. The molecule has 0 saturated carbocycles. The molecular formula is C11H11AlF3NO. The molecule has 0 aliphatic carbocycles. The molecule has 17 heavy (non-hydrogen) atoms. The molecule has 0 fully saturated rings. The molecule has 1 aromatic heterocycles. The quantitative estimate of drug-likeness (QED) is 0.733. The Morgan fingerprint density at radius 1 is 1.18 bits per heavy atom. The summed E-state index contributed by atoms with van der Waals surface area (Å²) in [6.07, 6.45) is -3.07. The van der Waals surface area contributed by atoms with Gasteiger partial charge < -0.3 is 5.11 Å². The van der Waals surface area contributed by atoms with Crippen LogP contribution in [0, 0.1) is 6.92 Å². The monoisotopic (exact) mass is 257 g/mol. The van der Waals surface area contributed by atoms with Gasteiger partial charge in [-0.2, -0.15) is 13.2 Å². The number of pyridine rings is 1. The van der Waals surface area contributed by atoms with E-state index in [0.29, 0.717) is 5.56 Å². The molecule has 6 heteroatoms. The van der Waals surface area contributed by atoms with Crippen molar-refractivity contribution in [3.8, 4) is 5.75 Å². The average molecular weight is 257 g/mol. The highest BCUT2D eigenvalue weighted by molar-refractivity contribution is 5.90. The Morgan fingerprint density at radius 3 is 2.41 bits per heavy atom. The number of benzene rings is 1. The van der Waals surface area contributed by atoms with Crippen molar-refractivity contribution < 1.29 is 18.3 Å². The van der Waals surface area contributed by atoms with Crippen molar-refractivity contribution in [2.45, 2.75) is 13.1 Å². The summed E-state index contributed by atoms with van der Waals surface area (Å²) in [6, 6.07) is 3.36. The summed E-state index contributed by atoms with van der Waals surface area (Å²) in [5.41, 5.74) is -0.353. The van der Waals surface area contributed by atoms with E-state index in [2.05, 4.69) is 4.98 Å². The van der Waals surface area contributed by atoms with E-state index in [1.165, 1.54) is 12.3 Å². The highest BCUT2D eigenvalue weighted by atomic mass is 27.0. The number of halogens is 3. The van der Waals surface area contributed by atoms with Gasteiger partial charge in [0, 0.05) is 11.6 Å². The number of phenols is 1. The van der Waals surface area contributed by atoms with E-state index >= 15 is 0 Å². The predicted octanol–water partition coefficient (Wildman–Crippen LogP) is 2.08. The van der Waals surface area contributed by atoms with Crippen molar-refractivity contribution in [3.63, 3.8) is 0 Å². The van der Waals surface area contributed by atoms with Crippen LogP contribution in [0.3, 0.4) is 0 Å². The summed E-state index contributed by atoms with van der Waals surface area (Å²) in [7, 11) is 0. The predicted molar refractivity (Wildman–Crippen MR) is 63.1 cm³/mol. The second kappa shape index (κ2) is 4.55. The highest BCUT2D eigenvalue weighted by Gasteiger charge is 2.33. The zero-order valence-corrected chi connectivity index (χ0v) is 8.34. The van der Waals surface area contributed by atoms with E-state index in [0.717, 1.165) is 12.1 Å². The van der Waals surface area contributed by atoms with Crippen molar-refractivity contribution in [2.75, 3.05) is 0 Å². The minimum atomic E-state index is -4.44. The molecule has 1 N–H and O–H groups in total. The van der Waals surface area contributed by atoms with Crippen molar-refractivity contribution in [2.24, 2.45) is 0 Å². The first kappa shape index (κ1) is 13.8. The number of rotatable bonds is 0. The van der Waals surface area contributed by atoms with Gasteiger partial charge in [0.1, 0.15) is 11.3 Å². The van der Waals surface area contributed by atoms with Gasteiger partial charge in [0.2, 0.25) is 0 Å². The summed E-state index contributed by atoms with van der Waals surface area (Å²) in [5, 5.41) is 9.41. The third-order valence-corrected chi connectivity index (χ3v) is 2.38. The number of phenolic OH excluding ortho intramolecular Hbond substituents is 1. The van der Waals surface area contributed by atoms with Crippen LogP contribution in [0.4, 0.5) is 13.2 Å². The Morgan fingerprint density at radius 2 is 1.82 bits per heavy atom. The van der Waals surface area contributed by atoms with Crippen LogP contribution in [0.2, 0.25) is 0 Å². The van der Waals surface area contributed by atoms with E-state index in [4.69, 9.17) is 0 Å².